The van der Waals surface area contributed by atoms with Crippen molar-refractivity contribution in [3.63, 3.8) is 0 Å². The van der Waals surface area contributed by atoms with Crippen LogP contribution in [0.3, 0.4) is 0 Å². The van der Waals surface area contributed by atoms with Crippen LogP contribution in [0.2, 0.25) is 0 Å². The third kappa shape index (κ3) is 4.05. The second kappa shape index (κ2) is 6.14. The van der Waals surface area contributed by atoms with Crippen molar-refractivity contribution in [2.75, 3.05) is 12.3 Å². The molecule has 1 aliphatic rings. The number of nitrogens with one attached hydrogen (secondary N) is 1. The lowest BCUT2D eigenvalue weighted by molar-refractivity contribution is -0.130. The van der Waals surface area contributed by atoms with E-state index in [9.17, 15) is 18.0 Å². The molecule has 0 aromatic rings. The highest BCUT2D eigenvalue weighted by atomic mass is 32.2. The molecule has 1 amide bonds. The summed E-state index contributed by atoms with van der Waals surface area (Å²) in [5, 5.41) is 3.17. The summed E-state index contributed by atoms with van der Waals surface area (Å²) >= 11 is -0.0771. The summed E-state index contributed by atoms with van der Waals surface area (Å²) < 4.78 is 36.2. The highest BCUT2D eigenvalue weighted by molar-refractivity contribution is 8.00. The lowest BCUT2D eigenvalue weighted by atomic mass is 10.1. The molecule has 106 valence electrons. The van der Waals surface area contributed by atoms with E-state index in [1.54, 1.807) is 0 Å². The molecular formula is C11H19F3N2OS. The molecule has 1 aliphatic heterocycles. The Bertz CT molecular complexity index is 297. The van der Waals surface area contributed by atoms with Gasteiger partial charge in [0.1, 0.15) is 0 Å². The predicted molar refractivity (Wildman–Crippen MR) is 66.1 cm³/mol. The molecule has 3 nitrogen and oxygen atoms in total. The van der Waals surface area contributed by atoms with Crippen LogP contribution in [0, 0.1) is 5.92 Å². The molecular weight excluding hydrogens is 265 g/mol. The van der Waals surface area contributed by atoms with Crippen molar-refractivity contribution >= 4 is 17.7 Å². The first kappa shape index (κ1) is 15.6. The van der Waals surface area contributed by atoms with Crippen LogP contribution in [-0.4, -0.2) is 40.8 Å². The van der Waals surface area contributed by atoms with E-state index in [4.69, 9.17) is 0 Å². The molecule has 0 radical (unpaired) electrons. The van der Waals surface area contributed by atoms with Crippen molar-refractivity contribution in [2.45, 2.75) is 44.9 Å². The minimum atomic E-state index is -4.23. The van der Waals surface area contributed by atoms with Crippen LogP contribution in [0.15, 0.2) is 0 Å². The fourth-order valence-electron chi connectivity index (χ4n) is 2.04. The second-order valence-electron chi connectivity index (χ2n) is 4.64. The Morgan fingerprint density at radius 3 is 2.50 bits per heavy atom. The molecule has 0 bridgehead atoms. The summed E-state index contributed by atoms with van der Waals surface area (Å²) in [6.07, 6.45) is 0.560. The smallest absolute Gasteiger partial charge is 0.325 e. The molecule has 1 heterocycles. The van der Waals surface area contributed by atoms with Crippen LogP contribution in [0.4, 0.5) is 13.2 Å². The standard InChI is InChI=1S/C11H19F3N2OS/c1-4-8-15-9(7(2)3)10(17)16(8)5-6-18-11(12,13)14/h7-9,15H,4-6H2,1-3H3. The van der Waals surface area contributed by atoms with E-state index < -0.39 is 5.51 Å². The molecule has 1 fully saturated rings. The van der Waals surface area contributed by atoms with E-state index in [0.717, 1.165) is 0 Å². The van der Waals surface area contributed by atoms with Gasteiger partial charge < -0.3 is 4.90 Å². The van der Waals surface area contributed by atoms with Gasteiger partial charge in [0.05, 0.1) is 12.2 Å². The van der Waals surface area contributed by atoms with E-state index in [2.05, 4.69) is 5.32 Å². The first-order valence-electron chi connectivity index (χ1n) is 6.03. The van der Waals surface area contributed by atoms with Gasteiger partial charge in [0, 0.05) is 12.3 Å². The summed E-state index contributed by atoms with van der Waals surface area (Å²) in [6, 6.07) is -0.272. The number of thioether (sulfide) groups is 1. The SMILES string of the molecule is CCC1NC(C(C)C)C(=O)N1CCSC(F)(F)F. The Hall–Kier alpha value is -0.430. The van der Waals surface area contributed by atoms with Crippen molar-refractivity contribution in [1.82, 2.24) is 10.2 Å². The van der Waals surface area contributed by atoms with Crippen LogP contribution < -0.4 is 5.32 Å². The molecule has 7 heteroatoms. The van der Waals surface area contributed by atoms with Crippen LogP contribution in [-0.2, 0) is 4.79 Å². The number of hydrogen-bond donors (Lipinski definition) is 1. The molecule has 0 saturated carbocycles. The minimum absolute atomic E-state index is 0.0771. The van der Waals surface area contributed by atoms with Crippen molar-refractivity contribution in [2.24, 2.45) is 5.92 Å². The van der Waals surface area contributed by atoms with E-state index >= 15 is 0 Å². The van der Waals surface area contributed by atoms with Crippen LogP contribution in [0.1, 0.15) is 27.2 Å². The number of carbonyl (C=O) groups excluding carboxylic acids is 1. The van der Waals surface area contributed by atoms with Gasteiger partial charge >= 0.3 is 5.51 Å². The van der Waals surface area contributed by atoms with Gasteiger partial charge in [-0.1, -0.05) is 20.8 Å². The Morgan fingerprint density at radius 2 is 2.06 bits per heavy atom. The predicted octanol–water partition coefficient (Wildman–Crippen LogP) is 2.43. The highest BCUT2D eigenvalue weighted by Crippen LogP contribution is 2.30. The summed E-state index contributed by atoms with van der Waals surface area (Å²) in [4.78, 5) is 13.6. The first-order chi connectivity index (χ1) is 8.26. The monoisotopic (exact) mass is 284 g/mol. The third-order valence-corrected chi connectivity index (χ3v) is 3.66. The average molecular weight is 284 g/mol. The van der Waals surface area contributed by atoms with Crippen LogP contribution in [0.25, 0.3) is 0 Å². The molecule has 18 heavy (non-hydrogen) atoms. The minimum Gasteiger partial charge on any atom is -0.325 e. The number of rotatable bonds is 5. The maximum absolute atomic E-state index is 12.1. The van der Waals surface area contributed by atoms with Gasteiger partial charge in [-0.3, -0.25) is 10.1 Å². The fraction of sp³-hybridized carbons (Fsp3) is 0.909. The molecule has 2 atom stereocenters. The molecule has 1 saturated heterocycles. The van der Waals surface area contributed by atoms with Crippen LogP contribution in [0.5, 0.6) is 0 Å². The van der Waals surface area contributed by atoms with E-state index in [1.165, 1.54) is 4.90 Å². The van der Waals surface area contributed by atoms with Gasteiger partial charge in [0.15, 0.2) is 0 Å². The molecule has 0 aromatic carbocycles. The van der Waals surface area contributed by atoms with Crippen molar-refractivity contribution in [3.05, 3.63) is 0 Å². The lowest BCUT2D eigenvalue weighted by Gasteiger charge is -2.23. The zero-order valence-electron chi connectivity index (χ0n) is 10.8. The maximum atomic E-state index is 12.1. The largest absolute Gasteiger partial charge is 0.441 e. The molecule has 0 spiro atoms. The van der Waals surface area contributed by atoms with Gasteiger partial charge in [0.25, 0.3) is 0 Å². The summed E-state index contributed by atoms with van der Waals surface area (Å²) in [5.74, 6) is -0.0513. The quantitative estimate of drug-likeness (QED) is 0.841. The van der Waals surface area contributed by atoms with Gasteiger partial charge in [-0.25, -0.2) is 0 Å². The maximum Gasteiger partial charge on any atom is 0.441 e. The Kier molecular flexibility index (Phi) is 5.33. The fourth-order valence-corrected chi connectivity index (χ4v) is 2.56. The Morgan fingerprint density at radius 1 is 1.44 bits per heavy atom. The molecule has 2 unspecified atom stereocenters. The number of nitrogens with zero attached hydrogens (tertiary/aromatic N) is 1. The van der Waals surface area contributed by atoms with Crippen molar-refractivity contribution < 1.29 is 18.0 Å². The van der Waals surface area contributed by atoms with Crippen molar-refractivity contribution in [1.29, 1.82) is 0 Å². The zero-order chi connectivity index (χ0) is 13.9. The van der Waals surface area contributed by atoms with Gasteiger partial charge in [0.2, 0.25) is 5.91 Å². The topological polar surface area (TPSA) is 32.3 Å². The van der Waals surface area contributed by atoms with Gasteiger partial charge in [-0.15, -0.1) is 0 Å². The number of halogens is 3. The summed E-state index contributed by atoms with van der Waals surface area (Å²) in [5.41, 5.74) is -4.23. The van der Waals surface area contributed by atoms with E-state index in [-0.39, 0.29) is 48.1 Å². The average Bonchev–Trinajstić information content (AvgIpc) is 2.54. The molecule has 1 rings (SSSR count). The first-order valence-corrected chi connectivity index (χ1v) is 7.02. The van der Waals surface area contributed by atoms with Crippen molar-refractivity contribution in [3.8, 4) is 0 Å². The normalized spacial score (nSPS) is 25.3. The second-order valence-corrected chi connectivity index (χ2v) is 5.80. The molecule has 0 aliphatic carbocycles. The number of carbonyl (C=O) groups is 1. The Balaban J connectivity index is 2.55. The van der Waals surface area contributed by atoms with E-state index in [1.807, 2.05) is 20.8 Å². The van der Waals surface area contributed by atoms with Crippen LogP contribution >= 0.6 is 11.8 Å². The van der Waals surface area contributed by atoms with E-state index in [0.29, 0.717) is 6.42 Å². The summed E-state index contributed by atoms with van der Waals surface area (Å²) in [7, 11) is 0. The molecule has 0 aromatic heterocycles. The highest BCUT2D eigenvalue weighted by Gasteiger charge is 2.39. The van der Waals surface area contributed by atoms with Gasteiger partial charge in [-0.2, -0.15) is 13.2 Å². The number of hydrogen-bond acceptors (Lipinski definition) is 3. The Labute approximate surface area is 109 Å². The number of alkyl halides is 3. The lowest BCUT2D eigenvalue weighted by Crippen LogP contribution is -2.38. The molecule has 1 N–H and O–H groups in total. The number of amides is 1. The van der Waals surface area contributed by atoms with Gasteiger partial charge in [-0.05, 0) is 24.1 Å². The summed E-state index contributed by atoms with van der Waals surface area (Å²) in [6.45, 7) is 5.90. The zero-order valence-corrected chi connectivity index (χ0v) is 11.6. The third-order valence-electron chi connectivity index (χ3n) is 2.95.